The van der Waals surface area contributed by atoms with E-state index in [1.54, 1.807) is 0 Å². The van der Waals surface area contributed by atoms with Crippen molar-refractivity contribution in [2.75, 3.05) is 19.7 Å². The van der Waals surface area contributed by atoms with E-state index in [0.717, 1.165) is 44.3 Å². The summed E-state index contributed by atoms with van der Waals surface area (Å²) in [6.07, 6.45) is 7.21. The van der Waals surface area contributed by atoms with Gasteiger partial charge in [-0.25, -0.2) is 0 Å². The summed E-state index contributed by atoms with van der Waals surface area (Å²) in [7, 11) is 0. The lowest BCUT2D eigenvalue weighted by molar-refractivity contribution is -0.134. The minimum absolute atomic E-state index is 0.0347. The molecule has 25 heavy (non-hydrogen) atoms. The number of amides is 2. The van der Waals surface area contributed by atoms with Crippen molar-refractivity contribution >= 4 is 11.8 Å². The number of carbonyl (C=O) groups is 2. The highest BCUT2D eigenvalue weighted by Crippen LogP contribution is 2.29. The summed E-state index contributed by atoms with van der Waals surface area (Å²) in [5.74, 6) is 1.28. The van der Waals surface area contributed by atoms with Crippen LogP contribution in [0.3, 0.4) is 0 Å². The topological polar surface area (TPSA) is 58.6 Å². The summed E-state index contributed by atoms with van der Waals surface area (Å²) in [6.45, 7) is 1.49. The fourth-order valence-corrected chi connectivity index (χ4v) is 3.81. The van der Waals surface area contributed by atoms with E-state index in [0.29, 0.717) is 13.1 Å². The van der Waals surface area contributed by atoms with Crippen molar-refractivity contribution in [3.05, 3.63) is 29.3 Å². The van der Waals surface area contributed by atoms with Crippen LogP contribution in [0.1, 0.15) is 43.2 Å². The highest BCUT2D eigenvalue weighted by Gasteiger charge is 2.32. The van der Waals surface area contributed by atoms with Crippen LogP contribution in [-0.2, 0) is 22.4 Å². The number of piperidine rings is 1. The van der Waals surface area contributed by atoms with E-state index in [2.05, 4.69) is 17.4 Å². The van der Waals surface area contributed by atoms with Crippen LogP contribution >= 0.6 is 0 Å². The lowest BCUT2D eigenvalue weighted by atomic mass is 10.0. The van der Waals surface area contributed by atoms with Gasteiger partial charge in [0.15, 0.2) is 6.61 Å². The van der Waals surface area contributed by atoms with Crippen molar-refractivity contribution in [3.8, 4) is 5.75 Å². The van der Waals surface area contributed by atoms with Gasteiger partial charge in [0, 0.05) is 25.0 Å². The summed E-state index contributed by atoms with van der Waals surface area (Å²) in [5.41, 5.74) is 2.77. The molecule has 2 aliphatic carbocycles. The normalized spacial score (nSPS) is 20.2. The predicted octanol–water partition coefficient (Wildman–Crippen LogP) is 2.07. The fraction of sp³-hybridized carbons (Fsp3) is 0.600. The zero-order valence-electron chi connectivity index (χ0n) is 14.6. The molecule has 0 bridgehead atoms. The molecule has 1 aliphatic heterocycles. The van der Waals surface area contributed by atoms with Crippen LogP contribution < -0.4 is 10.1 Å². The molecule has 1 saturated carbocycles. The Kier molecular flexibility index (Phi) is 4.64. The summed E-state index contributed by atoms with van der Waals surface area (Å²) in [5, 5.41) is 3.11. The van der Waals surface area contributed by atoms with Gasteiger partial charge >= 0.3 is 0 Å². The first-order chi connectivity index (χ1) is 12.2. The SMILES string of the molecule is O=C(NC1CCN(C(=O)COc2ccc3c(c2)CCC3)CC1)C1CC1. The van der Waals surface area contributed by atoms with Crippen LogP contribution in [0, 0.1) is 5.92 Å². The lowest BCUT2D eigenvalue weighted by Gasteiger charge is -2.32. The van der Waals surface area contributed by atoms with Crippen molar-refractivity contribution in [3.63, 3.8) is 0 Å². The Bertz CT molecular complexity index is 661. The van der Waals surface area contributed by atoms with E-state index in [1.165, 1.54) is 17.5 Å². The molecule has 1 saturated heterocycles. The number of nitrogens with zero attached hydrogens (tertiary/aromatic N) is 1. The number of ether oxygens (including phenoxy) is 1. The Morgan fingerprint density at radius 2 is 1.84 bits per heavy atom. The van der Waals surface area contributed by atoms with Crippen molar-refractivity contribution in [1.29, 1.82) is 0 Å². The van der Waals surface area contributed by atoms with Gasteiger partial charge in [0.25, 0.3) is 5.91 Å². The Morgan fingerprint density at radius 1 is 1.08 bits per heavy atom. The van der Waals surface area contributed by atoms with E-state index in [4.69, 9.17) is 4.74 Å². The first-order valence-corrected chi connectivity index (χ1v) is 9.52. The molecule has 1 N–H and O–H groups in total. The largest absolute Gasteiger partial charge is 0.484 e. The van der Waals surface area contributed by atoms with Crippen LogP contribution in [-0.4, -0.2) is 42.5 Å². The van der Waals surface area contributed by atoms with Gasteiger partial charge in [-0.3, -0.25) is 9.59 Å². The Labute approximate surface area is 148 Å². The molecule has 0 spiro atoms. The van der Waals surface area contributed by atoms with E-state index < -0.39 is 0 Å². The molecular formula is C20H26N2O3. The molecule has 0 radical (unpaired) electrons. The third kappa shape index (κ3) is 3.97. The molecule has 1 heterocycles. The van der Waals surface area contributed by atoms with Gasteiger partial charge in [0.05, 0.1) is 0 Å². The molecule has 5 nitrogen and oxygen atoms in total. The third-order valence-corrected chi connectivity index (χ3v) is 5.57. The second kappa shape index (κ2) is 7.06. The molecule has 0 aromatic heterocycles. The number of fused-ring (bicyclic) bond motifs is 1. The van der Waals surface area contributed by atoms with Gasteiger partial charge < -0.3 is 15.0 Å². The molecule has 134 valence electrons. The number of hydrogen-bond donors (Lipinski definition) is 1. The second-order valence-corrected chi connectivity index (χ2v) is 7.51. The van der Waals surface area contributed by atoms with Gasteiger partial charge in [0.1, 0.15) is 5.75 Å². The molecule has 2 amide bonds. The monoisotopic (exact) mass is 342 g/mol. The van der Waals surface area contributed by atoms with Crippen LogP contribution in [0.15, 0.2) is 18.2 Å². The van der Waals surface area contributed by atoms with Crippen LogP contribution in [0.5, 0.6) is 5.75 Å². The minimum atomic E-state index is 0.0347. The molecule has 0 atom stereocenters. The van der Waals surface area contributed by atoms with Gasteiger partial charge in [-0.2, -0.15) is 0 Å². The first-order valence-electron chi connectivity index (χ1n) is 9.52. The van der Waals surface area contributed by atoms with Crippen LogP contribution in [0.25, 0.3) is 0 Å². The maximum atomic E-state index is 12.4. The summed E-state index contributed by atoms with van der Waals surface area (Å²) in [6, 6.07) is 6.39. The average molecular weight is 342 g/mol. The van der Waals surface area contributed by atoms with Crippen molar-refractivity contribution < 1.29 is 14.3 Å². The zero-order valence-corrected chi connectivity index (χ0v) is 14.6. The number of carbonyl (C=O) groups excluding carboxylic acids is 2. The quantitative estimate of drug-likeness (QED) is 0.891. The fourth-order valence-electron chi connectivity index (χ4n) is 3.81. The smallest absolute Gasteiger partial charge is 0.260 e. The van der Waals surface area contributed by atoms with E-state index >= 15 is 0 Å². The molecule has 1 aromatic rings. The number of nitrogens with one attached hydrogen (secondary N) is 1. The first kappa shape index (κ1) is 16.4. The summed E-state index contributed by atoms with van der Waals surface area (Å²) < 4.78 is 5.72. The highest BCUT2D eigenvalue weighted by molar-refractivity contribution is 5.81. The molecule has 2 fully saturated rings. The van der Waals surface area contributed by atoms with E-state index in [-0.39, 0.29) is 30.4 Å². The van der Waals surface area contributed by atoms with Gasteiger partial charge in [-0.05, 0) is 68.2 Å². The number of rotatable bonds is 5. The second-order valence-electron chi connectivity index (χ2n) is 7.51. The number of aryl methyl sites for hydroxylation is 2. The van der Waals surface area contributed by atoms with Gasteiger partial charge in [-0.15, -0.1) is 0 Å². The molecule has 5 heteroatoms. The predicted molar refractivity (Wildman–Crippen MR) is 94.4 cm³/mol. The van der Waals surface area contributed by atoms with Crippen molar-refractivity contribution in [1.82, 2.24) is 10.2 Å². The van der Waals surface area contributed by atoms with Gasteiger partial charge in [-0.1, -0.05) is 6.07 Å². The summed E-state index contributed by atoms with van der Waals surface area (Å²) >= 11 is 0. The maximum Gasteiger partial charge on any atom is 0.260 e. The number of hydrogen-bond acceptors (Lipinski definition) is 3. The molecule has 3 aliphatic rings. The highest BCUT2D eigenvalue weighted by atomic mass is 16.5. The van der Waals surface area contributed by atoms with Crippen molar-refractivity contribution in [2.24, 2.45) is 5.92 Å². The van der Waals surface area contributed by atoms with Gasteiger partial charge in [0.2, 0.25) is 5.91 Å². The standard InChI is InChI=1S/C20H26N2O3/c23-19(13-25-18-7-6-14-2-1-3-16(14)12-18)22-10-8-17(9-11-22)21-20(24)15-4-5-15/h6-7,12,15,17H,1-5,8-11,13H2,(H,21,24). The minimum Gasteiger partial charge on any atom is -0.484 e. The maximum absolute atomic E-state index is 12.4. The Morgan fingerprint density at radius 3 is 2.60 bits per heavy atom. The average Bonchev–Trinajstić information content (AvgIpc) is 3.38. The zero-order chi connectivity index (χ0) is 17.2. The molecule has 4 rings (SSSR count). The van der Waals surface area contributed by atoms with Crippen LogP contribution in [0.2, 0.25) is 0 Å². The number of benzene rings is 1. The van der Waals surface area contributed by atoms with Crippen molar-refractivity contribution in [2.45, 2.75) is 51.0 Å². The lowest BCUT2D eigenvalue weighted by Crippen LogP contribution is -2.48. The summed E-state index contributed by atoms with van der Waals surface area (Å²) in [4.78, 5) is 26.0. The molecular weight excluding hydrogens is 316 g/mol. The van der Waals surface area contributed by atoms with E-state index in [1.807, 2.05) is 11.0 Å². The third-order valence-electron chi connectivity index (χ3n) is 5.57. The molecule has 0 unspecified atom stereocenters. The van der Waals surface area contributed by atoms with E-state index in [9.17, 15) is 9.59 Å². The molecule has 1 aromatic carbocycles. The number of likely N-dealkylation sites (tertiary alicyclic amines) is 1. The van der Waals surface area contributed by atoms with Crippen LogP contribution in [0.4, 0.5) is 0 Å². The Hall–Kier alpha value is -2.04. The Balaban J connectivity index is 1.21.